The van der Waals surface area contributed by atoms with Crippen LogP contribution in [0.4, 0.5) is 0 Å². The maximum atomic E-state index is 11.4. The van der Waals surface area contributed by atoms with E-state index in [9.17, 15) is 15.0 Å². The molecule has 0 radical (unpaired) electrons. The Balaban J connectivity index is 2.50. The normalized spacial score (nSPS) is 14.5. The molecule has 0 aliphatic heterocycles. The third-order valence-corrected chi connectivity index (χ3v) is 3.59. The minimum atomic E-state index is -0.716. The summed E-state index contributed by atoms with van der Waals surface area (Å²) in [4.78, 5) is 14.0. The van der Waals surface area contributed by atoms with E-state index in [1.807, 2.05) is 20.8 Å². The highest BCUT2D eigenvalue weighted by atomic mass is 16.3. The fourth-order valence-electron chi connectivity index (χ4n) is 2.59. The molecule has 2 rings (SSSR count). The predicted molar refractivity (Wildman–Crippen MR) is 83.5 cm³/mol. The van der Waals surface area contributed by atoms with Crippen LogP contribution >= 0.6 is 0 Å². The van der Waals surface area contributed by atoms with E-state index in [2.05, 4.69) is 10.3 Å². The van der Waals surface area contributed by atoms with Gasteiger partial charge in [0, 0.05) is 23.5 Å². The highest BCUT2D eigenvalue weighted by Crippen LogP contribution is 2.30. The summed E-state index contributed by atoms with van der Waals surface area (Å²) in [6.45, 7) is 6.07. The molecule has 2 aromatic rings. The number of aliphatic hydroxyl groups excluding tert-OH is 1. The average molecular weight is 290 g/mol. The van der Waals surface area contributed by atoms with E-state index < -0.39 is 6.10 Å². The molecule has 1 heterocycles. The highest BCUT2D eigenvalue weighted by molar-refractivity contribution is 5.87. The molecule has 0 amide bonds. The summed E-state index contributed by atoms with van der Waals surface area (Å²) in [6.07, 6.45) is 0.0526. The molecule has 1 aromatic carbocycles. The highest BCUT2D eigenvalue weighted by Gasteiger charge is 2.22. The molecule has 0 fully saturated rings. The molecular formula is C16H22N2O3. The van der Waals surface area contributed by atoms with Gasteiger partial charge in [-0.05, 0) is 24.1 Å². The van der Waals surface area contributed by atoms with Gasteiger partial charge in [0.2, 0.25) is 5.56 Å². The lowest BCUT2D eigenvalue weighted by Gasteiger charge is -2.26. The van der Waals surface area contributed by atoms with E-state index >= 15 is 0 Å². The van der Waals surface area contributed by atoms with Crippen LogP contribution in [0, 0.1) is 0 Å². The van der Waals surface area contributed by atoms with E-state index in [1.165, 1.54) is 12.1 Å². The molecule has 0 aliphatic rings. The van der Waals surface area contributed by atoms with Crippen LogP contribution in [0.5, 0.6) is 5.75 Å². The minimum Gasteiger partial charge on any atom is -0.506 e. The number of benzene rings is 1. The second-order valence-electron chi connectivity index (χ2n) is 5.57. The molecule has 5 nitrogen and oxygen atoms in total. The van der Waals surface area contributed by atoms with Crippen molar-refractivity contribution in [3.63, 3.8) is 0 Å². The van der Waals surface area contributed by atoms with Crippen LogP contribution in [-0.4, -0.2) is 27.3 Å². The van der Waals surface area contributed by atoms with Gasteiger partial charge in [0.25, 0.3) is 0 Å². The summed E-state index contributed by atoms with van der Waals surface area (Å²) < 4.78 is 0. The summed E-state index contributed by atoms with van der Waals surface area (Å²) in [5.74, 6) is 0.00326. The number of rotatable bonds is 5. The van der Waals surface area contributed by atoms with Crippen molar-refractivity contribution in [3.8, 4) is 5.75 Å². The van der Waals surface area contributed by atoms with Crippen molar-refractivity contribution in [2.24, 2.45) is 0 Å². The van der Waals surface area contributed by atoms with Gasteiger partial charge < -0.3 is 20.5 Å². The Labute approximate surface area is 123 Å². The number of nitrogens with one attached hydrogen (secondary N) is 2. The summed E-state index contributed by atoms with van der Waals surface area (Å²) in [7, 11) is 0. The molecule has 21 heavy (non-hydrogen) atoms. The van der Waals surface area contributed by atoms with Gasteiger partial charge in [-0.1, -0.05) is 26.8 Å². The zero-order valence-electron chi connectivity index (χ0n) is 12.6. The summed E-state index contributed by atoms with van der Waals surface area (Å²) in [6, 6.07) is 6.39. The largest absolute Gasteiger partial charge is 0.506 e. The van der Waals surface area contributed by atoms with E-state index in [-0.39, 0.29) is 23.4 Å². The lowest BCUT2D eigenvalue weighted by molar-refractivity contribution is 0.123. The SMILES string of the molecule is CCC(NC(C)C)[C@@H](O)c1ccc(O)c2[nH]c(=O)ccc12. The number of pyridine rings is 1. The number of fused-ring (bicyclic) bond motifs is 1. The van der Waals surface area contributed by atoms with Crippen LogP contribution < -0.4 is 10.9 Å². The number of aromatic hydroxyl groups is 1. The number of phenolic OH excluding ortho intramolecular Hbond substituents is 1. The number of phenols is 1. The second kappa shape index (κ2) is 6.28. The minimum absolute atomic E-state index is 0.00326. The zero-order valence-corrected chi connectivity index (χ0v) is 12.6. The fraction of sp³-hybridized carbons (Fsp3) is 0.438. The van der Waals surface area contributed by atoms with Gasteiger partial charge in [-0.2, -0.15) is 0 Å². The first-order valence-corrected chi connectivity index (χ1v) is 7.23. The molecule has 1 unspecified atom stereocenters. The maximum absolute atomic E-state index is 11.4. The number of hydrogen-bond donors (Lipinski definition) is 4. The quantitative estimate of drug-likeness (QED) is 0.679. The maximum Gasteiger partial charge on any atom is 0.248 e. The molecule has 0 bridgehead atoms. The molecule has 2 atom stereocenters. The molecule has 0 aliphatic carbocycles. The molecule has 5 heteroatoms. The molecule has 1 aromatic heterocycles. The van der Waals surface area contributed by atoms with Crippen LogP contribution in [0.1, 0.15) is 38.9 Å². The Morgan fingerprint density at radius 3 is 2.57 bits per heavy atom. The van der Waals surface area contributed by atoms with Gasteiger partial charge in [-0.3, -0.25) is 4.79 Å². The second-order valence-corrected chi connectivity index (χ2v) is 5.57. The van der Waals surface area contributed by atoms with Crippen LogP contribution in [0.25, 0.3) is 10.9 Å². The van der Waals surface area contributed by atoms with Crippen LogP contribution in [-0.2, 0) is 0 Å². The third kappa shape index (κ3) is 3.25. The number of hydrogen-bond acceptors (Lipinski definition) is 4. The average Bonchev–Trinajstić information content (AvgIpc) is 2.45. The van der Waals surface area contributed by atoms with Crippen molar-refractivity contribution < 1.29 is 10.2 Å². The Hall–Kier alpha value is -1.85. The van der Waals surface area contributed by atoms with Crippen molar-refractivity contribution in [2.45, 2.75) is 45.4 Å². The van der Waals surface area contributed by atoms with Crippen LogP contribution in [0.15, 0.2) is 29.1 Å². The monoisotopic (exact) mass is 290 g/mol. The Morgan fingerprint density at radius 1 is 1.24 bits per heavy atom. The number of aromatic amines is 1. The van der Waals surface area contributed by atoms with Crippen LogP contribution in [0.3, 0.4) is 0 Å². The van der Waals surface area contributed by atoms with Gasteiger partial charge >= 0.3 is 0 Å². The first-order valence-electron chi connectivity index (χ1n) is 7.23. The summed E-state index contributed by atoms with van der Waals surface area (Å²) >= 11 is 0. The smallest absolute Gasteiger partial charge is 0.248 e. The molecule has 0 saturated heterocycles. The fourth-order valence-corrected chi connectivity index (χ4v) is 2.59. The van der Waals surface area contributed by atoms with Gasteiger partial charge in [0.1, 0.15) is 5.75 Å². The molecule has 114 valence electrons. The molecule has 4 N–H and O–H groups in total. The number of aromatic nitrogens is 1. The van der Waals surface area contributed by atoms with Crippen molar-refractivity contribution in [3.05, 3.63) is 40.2 Å². The van der Waals surface area contributed by atoms with E-state index in [0.717, 1.165) is 6.42 Å². The summed E-state index contributed by atoms with van der Waals surface area (Å²) in [5, 5.41) is 24.5. The molecular weight excluding hydrogens is 268 g/mol. The lowest BCUT2D eigenvalue weighted by atomic mass is 9.95. The van der Waals surface area contributed by atoms with Crippen molar-refractivity contribution >= 4 is 10.9 Å². The molecule has 0 saturated carbocycles. The predicted octanol–water partition coefficient (Wildman–Crippen LogP) is 2.04. The first-order chi connectivity index (χ1) is 9.93. The summed E-state index contributed by atoms with van der Waals surface area (Å²) in [5.41, 5.74) is 0.772. The van der Waals surface area contributed by atoms with Gasteiger partial charge in [0.15, 0.2) is 0 Å². The Morgan fingerprint density at radius 2 is 1.95 bits per heavy atom. The van der Waals surface area contributed by atoms with E-state index in [1.54, 1.807) is 12.1 Å². The number of aliphatic hydroxyl groups is 1. The Bertz CT molecular complexity index is 679. The van der Waals surface area contributed by atoms with Gasteiger partial charge in [0.05, 0.1) is 11.6 Å². The Kier molecular flexibility index (Phi) is 4.65. The van der Waals surface area contributed by atoms with Gasteiger partial charge in [-0.15, -0.1) is 0 Å². The van der Waals surface area contributed by atoms with Crippen molar-refractivity contribution in [1.82, 2.24) is 10.3 Å². The lowest BCUT2D eigenvalue weighted by Crippen LogP contribution is -2.39. The van der Waals surface area contributed by atoms with Crippen molar-refractivity contribution in [2.75, 3.05) is 0 Å². The zero-order chi connectivity index (χ0) is 15.6. The number of H-pyrrole nitrogens is 1. The third-order valence-electron chi connectivity index (χ3n) is 3.59. The van der Waals surface area contributed by atoms with Gasteiger partial charge in [-0.25, -0.2) is 0 Å². The van der Waals surface area contributed by atoms with Crippen molar-refractivity contribution in [1.29, 1.82) is 0 Å². The van der Waals surface area contributed by atoms with E-state index in [4.69, 9.17) is 0 Å². The van der Waals surface area contributed by atoms with Crippen LogP contribution in [0.2, 0.25) is 0 Å². The first kappa shape index (κ1) is 15.5. The molecule has 0 spiro atoms. The standard InChI is InChI=1S/C16H22N2O3/c1-4-12(17-9(2)3)16(21)11-5-7-13(19)15-10(11)6-8-14(20)18-15/h5-9,12,16-17,19,21H,4H2,1-3H3,(H,18,20)/t12?,16-/m0/s1. The topological polar surface area (TPSA) is 85.3 Å². The van der Waals surface area contributed by atoms with E-state index in [0.29, 0.717) is 16.5 Å².